The van der Waals surface area contributed by atoms with E-state index in [0.717, 1.165) is 28.7 Å². The molecule has 98 valence electrons. The number of fused-ring (bicyclic) bond motifs is 1. The predicted octanol–water partition coefficient (Wildman–Crippen LogP) is 3.36. The second-order valence-corrected chi connectivity index (χ2v) is 5.36. The fourth-order valence-electron chi connectivity index (χ4n) is 2.32. The molecule has 0 bridgehead atoms. The van der Waals surface area contributed by atoms with Crippen molar-refractivity contribution < 1.29 is 14.2 Å². The number of hydrogen-bond donors (Lipinski definition) is 0. The molecule has 0 N–H and O–H groups in total. The van der Waals surface area contributed by atoms with Gasteiger partial charge in [0.25, 0.3) is 0 Å². The van der Waals surface area contributed by atoms with Crippen LogP contribution in [0.3, 0.4) is 0 Å². The van der Waals surface area contributed by atoms with E-state index in [2.05, 4.69) is 19.1 Å². The van der Waals surface area contributed by atoms with Crippen molar-refractivity contribution in [3.63, 3.8) is 0 Å². The summed E-state index contributed by atoms with van der Waals surface area (Å²) in [6, 6.07) is 12.2. The molecular weight excluding hydrogens is 240 g/mol. The first-order valence-corrected chi connectivity index (χ1v) is 6.78. The van der Waals surface area contributed by atoms with Gasteiger partial charge in [-0.25, -0.2) is 0 Å². The molecule has 1 saturated carbocycles. The molecule has 2 aromatic rings. The van der Waals surface area contributed by atoms with E-state index >= 15 is 0 Å². The minimum absolute atomic E-state index is 0.0707. The summed E-state index contributed by atoms with van der Waals surface area (Å²) < 4.78 is 16.9. The van der Waals surface area contributed by atoms with Crippen molar-refractivity contribution in [1.82, 2.24) is 0 Å². The normalized spacial score (nSPS) is 28.2. The third-order valence-electron chi connectivity index (χ3n) is 3.72. The maximum Gasteiger partial charge on any atom is 0.223 e. The first-order valence-electron chi connectivity index (χ1n) is 6.78. The molecule has 3 nitrogen and oxygen atoms in total. The van der Waals surface area contributed by atoms with Crippen LogP contribution in [-0.4, -0.2) is 19.0 Å². The van der Waals surface area contributed by atoms with Gasteiger partial charge in [0, 0.05) is 10.8 Å². The molecule has 1 aliphatic heterocycles. The lowest BCUT2D eigenvalue weighted by Gasteiger charge is -2.11. The van der Waals surface area contributed by atoms with E-state index in [4.69, 9.17) is 14.2 Å². The van der Waals surface area contributed by atoms with Gasteiger partial charge < -0.3 is 14.2 Å². The molecule has 1 saturated heterocycles. The summed E-state index contributed by atoms with van der Waals surface area (Å²) in [5, 5.41) is 2.20. The Hall–Kier alpha value is -1.74. The average molecular weight is 256 g/mol. The number of rotatable bonds is 4. The van der Waals surface area contributed by atoms with Gasteiger partial charge in [-0.1, -0.05) is 31.2 Å². The quantitative estimate of drug-likeness (QED) is 0.786. The highest BCUT2D eigenvalue weighted by Crippen LogP contribution is 2.39. The maximum atomic E-state index is 6.04. The molecule has 1 heterocycles. The Labute approximate surface area is 112 Å². The molecular formula is C16H16O3. The van der Waals surface area contributed by atoms with Crippen molar-refractivity contribution in [2.75, 3.05) is 6.61 Å². The monoisotopic (exact) mass is 256 g/mol. The average Bonchev–Trinajstić information content (AvgIpc) is 3.32. The van der Waals surface area contributed by atoms with Gasteiger partial charge in [0.15, 0.2) is 0 Å². The zero-order valence-corrected chi connectivity index (χ0v) is 10.8. The topological polar surface area (TPSA) is 31.0 Å². The Morgan fingerprint density at radius 2 is 1.58 bits per heavy atom. The van der Waals surface area contributed by atoms with E-state index < -0.39 is 0 Å². The van der Waals surface area contributed by atoms with Gasteiger partial charge >= 0.3 is 0 Å². The molecule has 4 rings (SSSR count). The lowest BCUT2D eigenvalue weighted by molar-refractivity contribution is 0.181. The van der Waals surface area contributed by atoms with Gasteiger partial charge in [0.05, 0.1) is 0 Å². The summed E-state index contributed by atoms with van der Waals surface area (Å²) in [6.45, 7) is 2.90. The van der Waals surface area contributed by atoms with Crippen LogP contribution < -0.4 is 9.47 Å². The number of epoxide rings is 1. The first kappa shape index (κ1) is 11.1. The van der Waals surface area contributed by atoms with E-state index in [1.807, 2.05) is 24.3 Å². The first-order chi connectivity index (χ1) is 9.31. The highest BCUT2D eigenvalue weighted by molar-refractivity contribution is 5.93. The zero-order chi connectivity index (χ0) is 12.8. The van der Waals surface area contributed by atoms with Crippen LogP contribution in [0.4, 0.5) is 0 Å². The number of hydrogen-bond acceptors (Lipinski definition) is 3. The van der Waals surface area contributed by atoms with Gasteiger partial charge in [-0.15, -0.1) is 0 Å². The van der Waals surface area contributed by atoms with E-state index in [-0.39, 0.29) is 6.29 Å². The summed E-state index contributed by atoms with van der Waals surface area (Å²) in [6.07, 6.45) is 1.46. The molecule has 19 heavy (non-hydrogen) atoms. The van der Waals surface area contributed by atoms with Gasteiger partial charge in [-0.3, -0.25) is 0 Å². The summed E-state index contributed by atoms with van der Waals surface area (Å²) in [5.74, 6) is 2.50. The van der Waals surface area contributed by atoms with E-state index in [1.165, 1.54) is 0 Å². The highest BCUT2D eigenvalue weighted by atomic mass is 16.8. The lowest BCUT2D eigenvalue weighted by Crippen LogP contribution is -2.01. The molecule has 2 aliphatic rings. The summed E-state index contributed by atoms with van der Waals surface area (Å²) in [4.78, 5) is 0. The fraction of sp³-hybridized carbons (Fsp3) is 0.375. The molecule has 0 aromatic heterocycles. The third-order valence-corrected chi connectivity index (χ3v) is 3.72. The molecule has 0 amide bonds. The van der Waals surface area contributed by atoms with Crippen molar-refractivity contribution in [3.8, 4) is 11.5 Å². The lowest BCUT2D eigenvalue weighted by atomic mass is 10.1. The fourth-order valence-corrected chi connectivity index (χ4v) is 2.32. The van der Waals surface area contributed by atoms with E-state index in [1.54, 1.807) is 0 Å². The Kier molecular flexibility index (Phi) is 2.42. The van der Waals surface area contributed by atoms with Crippen LogP contribution in [0.25, 0.3) is 10.8 Å². The van der Waals surface area contributed by atoms with Crippen molar-refractivity contribution in [1.29, 1.82) is 0 Å². The number of benzene rings is 2. The maximum absolute atomic E-state index is 6.04. The largest absolute Gasteiger partial charge is 0.489 e. The van der Waals surface area contributed by atoms with Crippen molar-refractivity contribution in [2.45, 2.75) is 25.7 Å². The SMILES string of the molecule is CC1CC1Oc1cccc2c(OC3CO3)cccc12. The zero-order valence-electron chi connectivity index (χ0n) is 10.8. The van der Waals surface area contributed by atoms with Crippen LogP contribution in [0.1, 0.15) is 13.3 Å². The molecule has 3 unspecified atom stereocenters. The summed E-state index contributed by atoms with van der Waals surface area (Å²) in [7, 11) is 0. The minimum Gasteiger partial charge on any atom is -0.489 e. The third kappa shape index (κ3) is 2.15. The highest BCUT2D eigenvalue weighted by Gasteiger charge is 2.35. The molecule has 3 atom stereocenters. The van der Waals surface area contributed by atoms with E-state index in [9.17, 15) is 0 Å². The van der Waals surface area contributed by atoms with Gasteiger partial charge in [0.2, 0.25) is 6.29 Å². The molecule has 0 radical (unpaired) electrons. The summed E-state index contributed by atoms with van der Waals surface area (Å²) >= 11 is 0. The van der Waals surface area contributed by atoms with Crippen LogP contribution in [0.15, 0.2) is 36.4 Å². The predicted molar refractivity (Wildman–Crippen MR) is 72.5 cm³/mol. The Morgan fingerprint density at radius 3 is 2.11 bits per heavy atom. The standard InChI is InChI=1S/C16H16O3/c1-10-8-15(10)18-13-6-2-5-12-11(13)4-3-7-14(12)19-16-9-17-16/h2-7,10,15-16H,8-9H2,1H3. The summed E-state index contributed by atoms with van der Waals surface area (Å²) in [5.41, 5.74) is 0. The Bertz CT molecular complexity index is 618. The van der Waals surface area contributed by atoms with Crippen LogP contribution in [-0.2, 0) is 4.74 Å². The Balaban J connectivity index is 1.72. The molecule has 1 aliphatic carbocycles. The van der Waals surface area contributed by atoms with Crippen LogP contribution >= 0.6 is 0 Å². The van der Waals surface area contributed by atoms with Crippen molar-refractivity contribution >= 4 is 10.8 Å². The number of ether oxygens (including phenoxy) is 3. The Morgan fingerprint density at radius 1 is 1.00 bits per heavy atom. The second-order valence-electron chi connectivity index (χ2n) is 5.36. The molecule has 2 aromatic carbocycles. The van der Waals surface area contributed by atoms with Crippen molar-refractivity contribution in [2.24, 2.45) is 5.92 Å². The van der Waals surface area contributed by atoms with Gasteiger partial charge in [0.1, 0.15) is 24.2 Å². The molecule has 2 fully saturated rings. The molecule has 0 spiro atoms. The minimum atomic E-state index is -0.0707. The van der Waals surface area contributed by atoms with Crippen LogP contribution in [0, 0.1) is 5.92 Å². The van der Waals surface area contributed by atoms with Crippen LogP contribution in [0.2, 0.25) is 0 Å². The van der Waals surface area contributed by atoms with Crippen molar-refractivity contribution in [3.05, 3.63) is 36.4 Å². The second kappa shape index (κ2) is 4.14. The molecule has 3 heteroatoms. The smallest absolute Gasteiger partial charge is 0.223 e. The van der Waals surface area contributed by atoms with Gasteiger partial charge in [-0.05, 0) is 24.5 Å². The van der Waals surface area contributed by atoms with E-state index in [0.29, 0.717) is 18.6 Å². The van der Waals surface area contributed by atoms with Gasteiger partial charge in [-0.2, -0.15) is 0 Å². The van der Waals surface area contributed by atoms with Crippen LogP contribution in [0.5, 0.6) is 11.5 Å².